The number of nitrogens with zero attached hydrogens (tertiary/aromatic N) is 1. The summed E-state index contributed by atoms with van der Waals surface area (Å²) in [7, 11) is 0. The molecule has 1 atom stereocenters. The largest absolute Gasteiger partial charge is 0.302 e. The number of hydrogen-bond donors (Lipinski definition) is 1. The zero-order valence-electron chi connectivity index (χ0n) is 3.94. The van der Waals surface area contributed by atoms with E-state index in [1.165, 1.54) is 0 Å². The van der Waals surface area contributed by atoms with Crippen molar-refractivity contribution in [3.05, 3.63) is 0 Å². The first-order valence-electron chi connectivity index (χ1n) is 2.27. The zero-order chi connectivity index (χ0) is 4.41. The fourth-order valence-corrected chi connectivity index (χ4v) is 0.558. The van der Waals surface area contributed by atoms with Crippen LogP contribution >= 0.6 is 0 Å². The van der Waals surface area contributed by atoms with Crippen LogP contribution in [0.1, 0.15) is 6.92 Å². The summed E-state index contributed by atoms with van der Waals surface area (Å²) in [6.45, 7) is 4.04. The Morgan fingerprint density at radius 1 is 1.83 bits per heavy atom. The second-order valence-electron chi connectivity index (χ2n) is 1.64. The molecule has 1 radical (unpaired) electrons. The van der Waals surface area contributed by atoms with E-state index >= 15 is 0 Å². The molecule has 1 aliphatic heterocycles. The lowest BCUT2D eigenvalue weighted by atomic mass is 10.4. The molecule has 1 rings (SSSR count). The Morgan fingerprint density at radius 3 is 2.83 bits per heavy atom. The summed E-state index contributed by atoms with van der Waals surface area (Å²) < 4.78 is 0. The highest BCUT2D eigenvalue weighted by Crippen LogP contribution is 1.84. The zero-order valence-corrected chi connectivity index (χ0v) is 3.94. The first-order chi connectivity index (χ1) is 2.89. The monoisotopic (exact) mass is 85.1 g/mol. The molecule has 1 fully saturated rings. The number of rotatable bonds is 0. The standard InChI is InChI=1S/C4H9N2/c1-4-2-5-3-6-4/h4-5H,2-3H2,1H3. The number of hydrogen-bond acceptors (Lipinski definition) is 1. The first kappa shape index (κ1) is 4.09. The van der Waals surface area contributed by atoms with Crippen molar-refractivity contribution in [3.63, 3.8) is 0 Å². The third-order valence-electron chi connectivity index (χ3n) is 0.955. The van der Waals surface area contributed by atoms with E-state index in [1.807, 2.05) is 0 Å². The van der Waals surface area contributed by atoms with Gasteiger partial charge in [-0.3, -0.25) is 0 Å². The van der Waals surface area contributed by atoms with Gasteiger partial charge in [0.25, 0.3) is 0 Å². The van der Waals surface area contributed by atoms with Crippen molar-refractivity contribution in [2.24, 2.45) is 0 Å². The van der Waals surface area contributed by atoms with E-state index in [0.717, 1.165) is 13.2 Å². The maximum Gasteiger partial charge on any atom is 0.0628 e. The molecule has 1 N–H and O–H groups in total. The van der Waals surface area contributed by atoms with Crippen molar-refractivity contribution in [3.8, 4) is 0 Å². The van der Waals surface area contributed by atoms with Crippen LogP contribution in [0.15, 0.2) is 0 Å². The van der Waals surface area contributed by atoms with E-state index in [0.29, 0.717) is 6.04 Å². The predicted molar refractivity (Wildman–Crippen MR) is 24.5 cm³/mol. The van der Waals surface area contributed by atoms with E-state index < -0.39 is 0 Å². The Kier molecular flexibility index (Phi) is 1.08. The molecule has 1 heterocycles. The van der Waals surface area contributed by atoms with Gasteiger partial charge in [-0.05, 0) is 6.92 Å². The fraction of sp³-hybridized carbons (Fsp3) is 1.00. The highest BCUT2D eigenvalue weighted by Gasteiger charge is 2.06. The lowest BCUT2D eigenvalue weighted by molar-refractivity contribution is 0.678. The van der Waals surface area contributed by atoms with Gasteiger partial charge in [-0.2, -0.15) is 0 Å². The van der Waals surface area contributed by atoms with Gasteiger partial charge in [0, 0.05) is 12.6 Å². The molecule has 0 saturated carbocycles. The average Bonchev–Trinajstić information content (AvgIpc) is 1.86. The van der Waals surface area contributed by atoms with Gasteiger partial charge in [-0.25, -0.2) is 5.32 Å². The quantitative estimate of drug-likeness (QED) is 0.423. The Labute approximate surface area is 37.9 Å². The summed E-state index contributed by atoms with van der Waals surface area (Å²) in [5.41, 5.74) is 0. The maximum atomic E-state index is 4.12. The molecule has 0 spiro atoms. The SMILES string of the molecule is CC1CNC[N]1. The van der Waals surface area contributed by atoms with Crippen LogP contribution in [0.2, 0.25) is 0 Å². The summed E-state index contributed by atoms with van der Waals surface area (Å²) >= 11 is 0. The van der Waals surface area contributed by atoms with Crippen LogP contribution in [0.5, 0.6) is 0 Å². The minimum atomic E-state index is 0.560. The van der Waals surface area contributed by atoms with Gasteiger partial charge in [0.2, 0.25) is 0 Å². The Hall–Kier alpha value is -0.0800. The Morgan fingerprint density at radius 2 is 2.67 bits per heavy atom. The fourth-order valence-electron chi connectivity index (χ4n) is 0.558. The molecule has 2 nitrogen and oxygen atoms in total. The van der Waals surface area contributed by atoms with Gasteiger partial charge in [-0.15, -0.1) is 0 Å². The second-order valence-corrected chi connectivity index (χ2v) is 1.64. The minimum Gasteiger partial charge on any atom is -0.302 e. The summed E-state index contributed by atoms with van der Waals surface area (Å²) in [6.07, 6.45) is 0. The molecule has 6 heavy (non-hydrogen) atoms. The van der Waals surface area contributed by atoms with Gasteiger partial charge < -0.3 is 5.32 Å². The topological polar surface area (TPSA) is 26.1 Å². The van der Waals surface area contributed by atoms with Crippen molar-refractivity contribution in [2.75, 3.05) is 13.2 Å². The van der Waals surface area contributed by atoms with E-state index in [-0.39, 0.29) is 0 Å². The molecule has 1 aliphatic rings. The Bertz CT molecular complexity index is 38.8. The molecule has 0 aromatic carbocycles. The third-order valence-corrected chi connectivity index (χ3v) is 0.955. The van der Waals surface area contributed by atoms with Crippen LogP contribution in [0.25, 0.3) is 0 Å². The molecule has 0 aromatic heterocycles. The Balaban J connectivity index is 2.18. The van der Waals surface area contributed by atoms with Gasteiger partial charge in [0.15, 0.2) is 0 Å². The van der Waals surface area contributed by atoms with Crippen molar-refractivity contribution < 1.29 is 0 Å². The minimum absolute atomic E-state index is 0.560. The summed E-state index contributed by atoms with van der Waals surface area (Å²) in [6, 6.07) is 0.560. The molecule has 2 heteroatoms. The van der Waals surface area contributed by atoms with Crippen LogP contribution < -0.4 is 10.6 Å². The van der Waals surface area contributed by atoms with E-state index in [9.17, 15) is 0 Å². The van der Waals surface area contributed by atoms with Crippen LogP contribution in [0.4, 0.5) is 0 Å². The van der Waals surface area contributed by atoms with Crippen LogP contribution in [0.3, 0.4) is 0 Å². The highest BCUT2D eigenvalue weighted by atomic mass is 15.2. The van der Waals surface area contributed by atoms with Gasteiger partial charge in [-0.1, -0.05) is 0 Å². The van der Waals surface area contributed by atoms with Gasteiger partial charge in [0.1, 0.15) is 0 Å². The normalized spacial score (nSPS) is 34.5. The molecule has 0 amide bonds. The molecule has 1 unspecified atom stereocenters. The van der Waals surface area contributed by atoms with Crippen molar-refractivity contribution in [1.29, 1.82) is 0 Å². The summed E-state index contributed by atoms with van der Waals surface area (Å²) in [4.78, 5) is 0. The molecular weight excluding hydrogens is 76.1 g/mol. The molecular formula is C4H9N2. The lowest BCUT2D eigenvalue weighted by Gasteiger charge is -1.90. The van der Waals surface area contributed by atoms with Crippen molar-refractivity contribution in [2.45, 2.75) is 13.0 Å². The smallest absolute Gasteiger partial charge is 0.0628 e. The molecule has 0 bridgehead atoms. The summed E-state index contributed by atoms with van der Waals surface area (Å²) in [5, 5.41) is 7.23. The second kappa shape index (κ2) is 1.58. The summed E-state index contributed by atoms with van der Waals surface area (Å²) in [5.74, 6) is 0. The highest BCUT2D eigenvalue weighted by molar-refractivity contribution is 4.67. The molecule has 0 aromatic rings. The third kappa shape index (κ3) is 0.698. The lowest BCUT2D eigenvalue weighted by Crippen LogP contribution is -2.11. The number of nitrogens with one attached hydrogen (secondary N) is 1. The molecule has 1 saturated heterocycles. The molecule has 35 valence electrons. The van der Waals surface area contributed by atoms with Gasteiger partial charge in [0.05, 0.1) is 6.67 Å². The van der Waals surface area contributed by atoms with E-state index in [4.69, 9.17) is 0 Å². The van der Waals surface area contributed by atoms with E-state index in [2.05, 4.69) is 17.6 Å². The average molecular weight is 85.1 g/mol. The predicted octanol–water partition coefficient (Wildman–Crippen LogP) is -0.460. The van der Waals surface area contributed by atoms with Crippen LogP contribution in [0, 0.1) is 0 Å². The molecule has 0 aliphatic carbocycles. The van der Waals surface area contributed by atoms with Crippen LogP contribution in [-0.4, -0.2) is 19.3 Å². The maximum absolute atomic E-state index is 4.12. The first-order valence-corrected chi connectivity index (χ1v) is 2.27. The van der Waals surface area contributed by atoms with Crippen molar-refractivity contribution in [1.82, 2.24) is 10.6 Å². The van der Waals surface area contributed by atoms with Crippen molar-refractivity contribution >= 4 is 0 Å². The van der Waals surface area contributed by atoms with Crippen LogP contribution in [-0.2, 0) is 0 Å². The van der Waals surface area contributed by atoms with E-state index in [1.54, 1.807) is 0 Å². The van der Waals surface area contributed by atoms with Gasteiger partial charge >= 0.3 is 0 Å².